The van der Waals surface area contributed by atoms with Crippen LogP contribution >= 0.6 is 11.6 Å². The fourth-order valence-electron chi connectivity index (χ4n) is 3.48. The van der Waals surface area contributed by atoms with Crippen LogP contribution in [-0.4, -0.2) is 17.6 Å². The summed E-state index contributed by atoms with van der Waals surface area (Å²) in [5, 5.41) is 6.14. The zero-order chi connectivity index (χ0) is 24.1. The van der Waals surface area contributed by atoms with Gasteiger partial charge in [-0.2, -0.15) is 0 Å². The number of carbonyl (C=O) groups excluding carboxylic acids is 3. The molecular formula is C28H21ClN2O3. The smallest absolute Gasteiger partial charge is 0.257 e. The molecule has 0 heterocycles. The Hall–Kier alpha value is -4.22. The summed E-state index contributed by atoms with van der Waals surface area (Å²) >= 11 is 5.90. The molecule has 0 aliphatic heterocycles. The van der Waals surface area contributed by atoms with Crippen molar-refractivity contribution in [3.63, 3.8) is 0 Å². The van der Waals surface area contributed by atoms with Crippen molar-refractivity contribution in [3.8, 4) is 0 Å². The van der Waals surface area contributed by atoms with E-state index in [2.05, 4.69) is 10.6 Å². The third-order valence-electron chi connectivity index (χ3n) is 5.23. The molecule has 0 bridgehead atoms. The minimum atomic E-state index is -0.446. The van der Waals surface area contributed by atoms with E-state index in [-0.39, 0.29) is 17.3 Å². The number of para-hydroxylation sites is 1. The molecule has 4 aromatic carbocycles. The van der Waals surface area contributed by atoms with Crippen LogP contribution < -0.4 is 10.6 Å². The van der Waals surface area contributed by atoms with Crippen LogP contribution in [0.5, 0.6) is 0 Å². The maximum absolute atomic E-state index is 13.2. The van der Waals surface area contributed by atoms with Crippen LogP contribution in [-0.2, 0) is 0 Å². The highest BCUT2D eigenvalue weighted by molar-refractivity contribution is 6.30. The molecule has 6 heteroatoms. The van der Waals surface area contributed by atoms with E-state index >= 15 is 0 Å². The molecule has 0 saturated carbocycles. The maximum atomic E-state index is 13.2. The first-order valence-corrected chi connectivity index (χ1v) is 11.0. The molecule has 0 aliphatic carbocycles. The Labute approximate surface area is 202 Å². The van der Waals surface area contributed by atoms with Crippen molar-refractivity contribution in [2.24, 2.45) is 0 Å². The predicted molar refractivity (Wildman–Crippen MR) is 135 cm³/mol. The summed E-state index contributed by atoms with van der Waals surface area (Å²) in [5.74, 6) is -1.01. The number of ketones is 1. The van der Waals surface area contributed by atoms with E-state index in [0.717, 1.165) is 5.56 Å². The second-order valence-corrected chi connectivity index (χ2v) is 8.14. The van der Waals surface area contributed by atoms with Gasteiger partial charge in [0.15, 0.2) is 5.78 Å². The summed E-state index contributed by atoms with van der Waals surface area (Å²) in [6.07, 6.45) is 0. The molecule has 2 amide bonds. The highest BCUT2D eigenvalue weighted by Gasteiger charge is 2.19. The van der Waals surface area contributed by atoms with Crippen molar-refractivity contribution in [2.45, 2.75) is 6.92 Å². The second kappa shape index (κ2) is 10.1. The molecule has 0 saturated heterocycles. The summed E-state index contributed by atoms with van der Waals surface area (Å²) in [4.78, 5) is 39.0. The molecule has 0 unspecified atom stereocenters. The molecule has 0 aliphatic rings. The lowest BCUT2D eigenvalue weighted by Gasteiger charge is -2.14. The van der Waals surface area contributed by atoms with Crippen molar-refractivity contribution in [1.29, 1.82) is 0 Å². The second-order valence-electron chi connectivity index (χ2n) is 7.70. The molecule has 4 rings (SSSR count). The Bertz CT molecular complexity index is 1370. The normalized spacial score (nSPS) is 10.4. The number of benzene rings is 4. The molecule has 2 N–H and O–H groups in total. The lowest BCUT2D eigenvalue weighted by molar-refractivity contribution is 0.102. The number of halogens is 1. The van der Waals surface area contributed by atoms with Gasteiger partial charge in [-0.25, -0.2) is 0 Å². The van der Waals surface area contributed by atoms with Crippen molar-refractivity contribution in [3.05, 3.63) is 130 Å². The number of hydrogen-bond donors (Lipinski definition) is 2. The van der Waals surface area contributed by atoms with Gasteiger partial charge in [0.25, 0.3) is 11.8 Å². The number of nitrogens with one attached hydrogen (secondary N) is 2. The Balaban J connectivity index is 1.60. The maximum Gasteiger partial charge on any atom is 0.257 e. The topological polar surface area (TPSA) is 75.3 Å². The van der Waals surface area contributed by atoms with Gasteiger partial charge in [-0.15, -0.1) is 0 Å². The molecule has 0 atom stereocenters. The first-order valence-electron chi connectivity index (χ1n) is 10.6. The molecular weight excluding hydrogens is 448 g/mol. The number of hydrogen-bond acceptors (Lipinski definition) is 3. The molecule has 4 aromatic rings. The van der Waals surface area contributed by atoms with E-state index < -0.39 is 5.91 Å². The van der Waals surface area contributed by atoms with Gasteiger partial charge in [0, 0.05) is 21.7 Å². The summed E-state index contributed by atoms with van der Waals surface area (Å²) in [5.41, 5.74) is 3.23. The first-order chi connectivity index (χ1) is 16.4. The SMILES string of the molecule is Cc1ccc(NC(=O)c2ccccc2NC(=O)c2ccc(Cl)cc2)c(C(=O)c2ccccc2)c1. The van der Waals surface area contributed by atoms with Crippen LogP contribution in [0.25, 0.3) is 0 Å². The van der Waals surface area contributed by atoms with Crippen LogP contribution in [0.2, 0.25) is 5.02 Å². The Kier molecular flexibility index (Phi) is 6.85. The van der Waals surface area contributed by atoms with Gasteiger partial charge < -0.3 is 10.6 Å². The summed E-state index contributed by atoms with van der Waals surface area (Å²) < 4.78 is 0. The van der Waals surface area contributed by atoms with Gasteiger partial charge in [-0.3, -0.25) is 14.4 Å². The van der Waals surface area contributed by atoms with Gasteiger partial charge in [0.1, 0.15) is 0 Å². The average Bonchev–Trinajstić information content (AvgIpc) is 2.86. The minimum Gasteiger partial charge on any atom is -0.321 e. The zero-order valence-electron chi connectivity index (χ0n) is 18.3. The lowest BCUT2D eigenvalue weighted by Crippen LogP contribution is -2.19. The third kappa shape index (κ3) is 5.22. The van der Waals surface area contributed by atoms with Gasteiger partial charge in [-0.1, -0.05) is 65.7 Å². The predicted octanol–water partition coefficient (Wildman–Crippen LogP) is 6.38. The largest absolute Gasteiger partial charge is 0.321 e. The standard InChI is InChI=1S/C28H21ClN2O3/c1-18-11-16-25(23(17-18)26(32)19-7-3-2-4-8-19)31-28(34)22-9-5-6-10-24(22)30-27(33)20-12-14-21(29)15-13-20/h2-17H,1H3,(H,30,33)(H,31,34). The number of carbonyl (C=O) groups is 3. The molecule has 0 fully saturated rings. The van der Waals surface area contributed by atoms with E-state index in [1.165, 1.54) is 0 Å². The molecule has 0 spiro atoms. The van der Waals surface area contributed by atoms with Crippen molar-refractivity contribution >= 4 is 40.6 Å². The van der Waals surface area contributed by atoms with E-state index in [4.69, 9.17) is 11.6 Å². The zero-order valence-corrected chi connectivity index (χ0v) is 19.1. The molecule has 5 nitrogen and oxygen atoms in total. The van der Waals surface area contributed by atoms with Crippen molar-refractivity contribution in [1.82, 2.24) is 0 Å². The number of aryl methyl sites for hydroxylation is 1. The lowest BCUT2D eigenvalue weighted by atomic mass is 9.99. The van der Waals surface area contributed by atoms with Gasteiger partial charge >= 0.3 is 0 Å². The van der Waals surface area contributed by atoms with Crippen LogP contribution in [0.3, 0.4) is 0 Å². The van der Waals surface area contributed by atoms with E-state index in [1.807, 2.05) is 19.1 Å². The molecule has 34 heavy (non-hydrogen) atoms. The number of rotatable bonds is 6. The van der Waals surface area contributed by atoms with Crippen LogP contribution in [0.1, 0.15) is 42.2 Å². The molecule has 0 aromatic heterocycles. The summed E-state index contributed by atoms with van der Waals surface area (Å²) in [6.45, 7) is 1.88. The molecule has 168 valence electrons. The fourth-order valence-corrected chi connectivity index (χ4v) is 3.60. The first kappa shape index (κ1) is 23.0. The highest BCUT2D eigenvalue weighted by Crippen LogP contribution is 2.24. The minimum absolute atomic E-state index is 0.191. The Morgan fingerprint density at radius 2 is 1.24 bits per heavy atom. The van der Waals surface area contributed by atoms with E-state index in [0.29, 0.717) is 33.1 Å². The molecule has 0 radical (unpaired) electrons. The Morgan fingerprint density at radius 3 is 1.97 bits per heavy atom. The Morgan fingerprint density at radius 1 is 0.618 bits per heavy atom. The van der Waals surface area contributed by atoms with Gasteiger partial charge in [0.05, 0.1) is 16.9 Å². The highest BCUT2D eigenvalue weighted by atomic mass is 35.5. The quantitative estimate of drug-likeness (QED) is 0.322. The van der Waals surface area contributed by atoms with E-state index in [1.54, 1.807) is 84.9 Å². The number of anilines is 2. The third-order valence-corrected chi connectivity index (χ3v) is 5.48. The van der Waals surface area contributed by atoms with Crippen molar-refractivity contribution < 1.29 is 14.4 Å². The van der Waals surface area contributed by atoms with Crippen LogP contribution in [0.4, 0.5) is 11.4 Å². The fraction of sp³-hybridized carbons (Fsp3) is 0.0357. The van der Waals surface area contributed by atoms with Crippen molar-refractivity contribution in [2.75, 3.05) is 10.6 Å². The number of amides is 2. The summed E-state index contributed by atoms with van der Waals surface area (Å²) in [7, 11) is 0. The van der Waals surface area contributed by atoms with E-state index in [9.17, 15) is 14.4 Å². The van der Waals surface area contributed by atoms with Gasteiger partial charge in [-0.05, 0) is 55.5 Å². The summed E-state index contributed by atoms with van der Waals surface area (Å²) in [6, 6.07) is 27.3. The van der Waals surface area contributed by atoms with Crippen LogP contribution in [0.15, 0.2) is 97.1 Å². The average molecular weight is 469 g/mol. The monoisotopic (exact) mass is 468 g/mol. The van der Waals surface area contributed by atoms with Crippen LogP contribution in [0, 0.1) is 6.92 Å². The van der Waals surface area contributed by atoms with Gasteiger partial charge in [0.2, 0.25) is 0 Å².